The van der Waals surface area contributed by atoms with E-state index in [1.165, 1.54) is 5.56 Å². The lowest BCUT2D eigenvalue weighted by atomic mass is 10.3. The summed E-state index contributed by atoms with van der Waals surface area (Å²) in [6.45, 7) is 5.58. The summed E-state index contributed by atoms with van der Waals surface area (Å²) in [5.74, 6) is 0.897. The molecule has 0 fully saturated rings. The Kier molecular flexibility index (Phi) is 4.04. The zero-order valence-corrected chi connectivity index (χ0v) is 14.3. The largest absolute Gasteiger partial charge is 0.325 e. The molecule has 3 aromatic rings. The fourth-order valence-electron chi connectivity index (χ4n) is 2.44. The lowest BCUT2D eigenvalue weighted by molar-refractivity contribution is 0.528. The summed E-state index contributed by atoms with van der Waals surface area (Å²) < 4.78 is 5.16. The molecule has 0 amide bonds. The van der Waals surface area contributed by atoms with Crippen LogP contribution in [0.2, 0.25) is 0 Å². The molecule has 4 nitrogen and oxygen atoms in total. The molecule has 0 saturated carbocycles. The van der Waals surface area contributed by atoms with E-state index < -0.39 is 0 Å². The third-order valence-corrected chi connectivity index (χ3v) is 4.10. The van der Waals surface area contributed by atoms with E-state index in [0.717, 1.165) is 34.4 Å². The zero-order chi connectivity index (χ0) is 15.0. The molecule has 3 rings (SSSR count). The minimum absolute atomic E-state index is 0.129. The van der Waals surface area contributed by atoms with Crippen LogP contribution in [0.3, 0.4) is 0 Å². The highest BCUT2D eigenvalue weighted by Gasteiger charge is 2.15. The highest BCUT2D eigenvalue weighted by Crippen LogP contribution is 2.26. The van der Waals surface area contributed by atoms with Gasteiger partial charge in [-0.2, -0.15) is 5.10 Å². The van der Waals surface area contributed by atoms with Crippen LogP contribution in [-0.4, -0.2) is 19.3 Å². The van der Waals surface area contributed by atoms with Crippen molar-refractivity contribution < 1.29 is 0 Å². The predicted octanol–water partition coefficient (Wildman–Crippen LogP) is 4.30. The van der Waals surface area contributed by atoms with Crippen LogP contribution in [0.4, 0.5) is 0 Å². The molecular formula is C15H16BrClN4. The molecule has 2 heterocycles. The van der Waals surface area contributed by atoms with E-state index in [1.54, 1.807) is 0 Å². The minimum Gasteiger partial charge on any atom is -0.325 e. The van der Waals surface area contributed by atoms with Gasteiger partial charge in [-0.3, -0.25) is 4.68 Å². The molecule has 1 aromatic carbocycles. The second kappa shape index (κ2) is 5.81. The Balaban J connectivity index is 1.98. The average Bonchev–Trinajstić information content (AvgIpc) is 3.00. The van der Waals surface area contributed by atoms with Gasteiger partial charge >= 0.3 is 0 Å². The van der Waals surface area contributed by atoms with Crippen LogP contribution < -0.4 is 0 Å². The van der Waals surface area contributed by atoms with Crippen molar-refractivity contribution in [1.29, 1.82) is 0 Å². The van der Waals surface area contributed by atoms with Crippen molar-refractivity contribution in [2.75, 3.05) is 0 Å². The molecule has 1 unspecified atom stereocenters. The fraction of sp³-hybridized carbons (Fsp3) is 0.333. The molecule has 0 spiro atoms. The van der Waals surface area contributed by atoms with Crippen LogP contribution in [-0.2, 0) is 13.1 Å². The highest BCUT2D eigenvalue weighted by atomic mass is 79.9. The van der Waals surface area contributed by atoms with E-state index in [0.29, 0.717) is 0 Å². The number of aromatic nitrogens is 4. The maximum absolute atomic E-state index is 6.29. The molecule has 21 heavy (non-hydrogen) atoms. The molecule has 110 valence electrons. The third-order valence-electron chi connectivity index (χ3n) is 3.41. The summed E-state index contributed by atoms with van der Waals surface area (Å²) in [5.41, 5.74) is 3.23. The number of fused-ring (bicyclic) bond motifs is 1. The van der Waals surface area contributed by atoms with Crippen molar-refractivity contribution >= 4 is 38.6 Å². The van der Waals surface area contributed by atoms with E-state index in [9.17, 15) is 0 Å². The Bertz CT molecular complexity index is 775. The standard InChI is InChI=1S/C15H16BrClN4/c1-10-8-18-20(9-10)5-6-21-14-7-12(16)3-4-13(14)19-15(21)11(2)17/h3-4,7-9,11H,5-6H2,1-2H3. The van der Waals surface area contributed by atoms with Crippen LogP contribution in [0.25, 0.3) is 11.0 Å². The van der Waals surface area contributed by atoms with Gasteiger partial charge in [0, 0.05) is 17.2 Å². The second-order valence-electron chi connectivity index (χ2n) is 5.15. The Morgan fingerprint density at radius 3 is 2.81 bits per heavy atom. The monoisotopic (exact) mass is 366 g/mol. The van der Waals surface area contributed by atoms with Crippen molar-refractivity contribution in [2.45, 2.75) is 32.3 Å². The number of imidazole rings is 1. The van der Waals surface area contributed by atoms with Crippen LogP contribution >= 0.6 is 27.5 Å². The summed E-state index contributed by atoms with van der Waals surface area (Å²) >= 11 is 9.81. The first-order valence-corrected chi connectivity index (χ1v) is 8.06. The predicted molar refractivity (Wildman–Crippen MR) is 88.7 cm³/mol. The zero-order valence-electron chi connectivity index (χ0n) is 11.9. The molecule has 0 bridgehead atoms. The molecule has 0 radical (unpaired) electrons. The summed E-state index contributed by atoms with van der Waals surface area (Å²) in [6.07, 6.45) is 3.91. The lowest BCUT2D eigenvalue weighted by Crippen LogP contribution is -2.11. The van der Waals surface area contributed by atoms with E-state index >= 15 is 0 Å². The molecule has 2 aromatic heterocycles. The van der Waals surface area contributed by atoms with E-state index in [2.05, 4.69) is 36.6 Å². The van der Waals surface area contributed by atoms with Gasteiger partial charge in [-0.25, -0.2) is 4.98 Å². The third kappa shape index (κ3) is 2.99. The Morgan fingerprint density at radius 2 is 2.14 bits per heavy atom. The number of benzene rings is 1. The SMILES string of the molecule is Cc1cnn(CCn2c(C(C)Cl)nc3ccc(Br)cc32)c1. The molecule has 0 N–H and O–H groups in total. The summed E-state index contributed by atoms with van der Waals surface area (Å²) in [5, 5.41) is 4.20. The first-order valence-electron chi connectivity index (χ1n) is 6.83. The van der Waals surface area contributed by atoms with E-state index in [1.807, 2.05) is 43.1 Å². The molecule has 6 heteroatoms. The Hall–Kier alpha value is -1.33. The summed E-state index contributed by atoms with van der Waals surface area (Å²) in [7, 11) is 0. The van der Waals surface area contributed by atoms with Gasteiger partial charge in [0.1, 0.15) is 5.82 Å². The maximum Gasteiger partial charge on any atom is 0.127 e. The molecule has 1 atom stereocenters. The number of aryl methyl sites for hydroxylation is 3. The van der Waals surface area contributed by atoms with Crippen molar-refractivity contribution in [2.24, 2.45) is 0 Å². The topological polar surface area (TPSA) is 35.6 Å². The van der Waals surface area contributed by atoms with Gasteiger partial charge in [0.2, 0.25) is 0 Å². The number of nitrogens with zero attached hydrogens (tertiary/aromatic N) is 4. The number of alkyl halides is 1. The fourth-order valence-corrected chi connectivity index (χ4v) is 2.96. The molecule has 0 aliphatic rings. The number of hydrogen-bond acceptors (Lipinski definition) is 2. The van der Waals surface area contributed by atoms with E-state index in [-0.39, 0.29) is 5.38 Å². The van der Waals surface area contributed by atoms with Gasteiger partial charge in [0.05, 0.1) is 29.2 Å². The van der Waals surface area contributed by atoms with Crippen molar-refractivity contribution in [3.8, 4) is 0 Å². The molecular weight excluding hydrogens is 352 g/mol. The number of hydrogen-bond donors (Lipinski definition) is 0. The first-order chi connectivity index (χ1) is 10.0. The smallest absolute Gasteiger partial charge is 0.127 e. The lowest BCUT2D eigenvalue weighted by Gasteiger charge is -2.10. The number of rotatable bonds is 4. The van der Waals surface area contributed by atoms with Gasteiger partial charge in [0.25, 0.3) is 0 Å². The maximum atomic E-state index is 6.29. The van der Waals surface area contributed by atoms with Crippen molar-refractivity contribution in [1.82, 2.24) is 19.3 Å². The average molecular weight is 368 g/mol. The molecule has 0 saturated heterocycles. The van der Waals surface area contributed by atoms with Crippen LogP contribution in [0, 0.1) is 6.92 Å². The van der Waals surface area contributed by atoms with Crippen molar-refractivity contribution in [3.63, 3.8) is 0 Å². The van der Waals surface area contributed by atoms with Gasteiger partial charge in [0.15, 0.2) is 0 Å². The van der Waals surface area contributed by atoms with Crippen LogP contribution in [0.15, 0.2) is 35.1 Å². The molecule has 0 aliphatic heterocycles. The van der Waals surface area contributed by atoms with Crippen LogP contribution in [0.5, 0.6) is 0 Å². The summed E-state index contributed by atoms with van der Waals surface area (Å²) in [6, 6.07) is 6.09. The van der Waals surface area contributed by atoms with Crippen LogP contribution in [0.1, 0.15) is 23.7 Å². The second-order valence-corrected chi connectivity index (χ2v) is 6.72. The quantitative estimate of drug-likeness (QED) is 0.644. The summed E-state index contributed by atoms with van der Waals surface area (Å²) in [4.78, 5) is 4.65. The van der Waals surface area contributed by atoms with Gasteiger partial charge in [-0.1, -0.05) is 15.9 Å². The Morgan fingerprint density at radius 1 is 1.33 bits per heavy atom. The molecule has 0 aliphatic carbocycles. The van der Waals surface area contributed by atoms with Gasteiger partial charge in [-0.05, 0) is 37.6 Å². The van der Waals surface area contributed by atoms with E-state index in [4.69, 9.17) is 11.6 Å². The highest BCUT2D eigenvalue weighted by molar-refractivity contribution is 9.10. The minimum atomic E-state index is -0.129. The van der Waals surface area contributed by atoms with Gasteiger partial charge in [-0.15, -0.1) is 11.6 Å². The number of halogens is 2. The Labute approximate surface area is 136 Å². The normalized spacial score (nSPS) is 13.0. The van der Waals surface area contributed by atoms with Gasteiger partial charge < -0.3 is 4.57 Å². The van der Waals surface area contributed by atoms with Crippen molar-refractivity contribution in [3.05, 3.63) is 46.5 Å². The first kappa shape index (κ1) is 14.6.